The summed E-state index contributed by atoms with van der Waals surface area (Å²) in [5.74, 6) is -0.412. The van der Waals surface area contributed by atoms with Crippen molar-refractivity contribution >= 4 is 5.97 Å². The normalized spacial score (nSPS) is 21.8. The number of carbonyl (C=O) groups is 1. The lowest BCUT2D eigenvalue weighted by Crippen LogP contribution is -2.33. The van der Waals surface area contributed by atoms with E-state index in [2.05, 4.69) is 22.2 Å². The second-order valence-electron chi connectivity index (χ2n) is 4.78. The first-order chi connectivity index (χ1) is 9.72. The fraction of sp³-hybridized carbons (Fsp3) is 0.188. The molecule has 2 unspecified atom stereocenters. The Morgan fingerprint density at radius 1 is 1.00 bits per heavy atom. The van der Waals surface area contributed by atoms with Crippen molar-refractivity contribution in [2.24, 2.45) is 0 Å². The zero-order valence-corrected chi connectivity index (χ0v) is 10.8. The smallest absolute Gasteiger partial charge is 0.326 e. The van der Waals surface area contributed by atoms with E-state index >= 15 is 0 Å². The molecule has 2 aromatic rings. The number of hydrogen-bond acceptors (Lipinski definition) is 4. The first kappa shape index (κ1) is 12.8. The first-order valence-electron chi connectivity index (χ1n) is 6.51. The fourth-order valence-electron chi connectivity index (χ4n) is 2.31. The molecule has 2 atom stereocenters. The summed E-state index contributed by atoms with van der Waals surface area (Å²) in [7, 11) is 0. The van der Waals surface area contributed by atoms with Crippen molar-refractivity contribution in [3.05, 3.63) is 60.2 Å². The highest BCUT2D eigenvalue weighted by molar-refractivity contribution is 5.78. The van der Waals surface area contributed by atoms with E-state index in [0.29, 0.717) is 6.42 Å². The Morgan fingerprint density at radius 3 is 2.25 bits per heavy atom. The van der Waals surface area contributed by atoms with E-state index in [1.807, 2.05) is 42.5 Å². The highest BCUT2D eigenvalue weighted by Crippen LogP contribution is 2.20. The van der Waals surface area contributed by atoms with E-state index in [0.717, 1.165) is 16.7 Å². The van der Waals surface area contributed by atoms with Gasteiger partial charge in [0.15, 0.2) is 0 Å². The summed E-state index contributed by atoms with van der Waals surface area (Å²) in [4.78, 5) is 11.4. The van der Waals surface area contributed by atoms with Crippen LogP contribution in [-0.4, -0.2) is 23.5 Å². The van der Waals surface area contributed by atoms with Crippen molar-refractivity contribution in [2.45, 2.75) is 18.9 Å². The molecule has 0 radical (unpaired) electrons. The van der Waals surface area contributed by atoms with Gasteiger partial charge in [0.05, 0.1) is 0 Å². The molecule has 0 aromatic heterocycles. The van der Waals surface area contributed by atoms with Crippen LogP contribution in [0.5, 0.6) is 0 Å². The molecule has 4 heteroatoms. The van der Waals surface area contributed by atoms with Crippen LogP contribution in [0.2, 0.25) is 0 Å². The fourth-order valence-corrected chi connectivity index (χ4v) is 2.31. The summed E-state index contributed by atoms with van der Waals surface area (Å²) < 4.78 is 4.64. The van der Waals surface area contributed by atoms with Gasteiger partial charge in [0.2, 0.25) is 0 Å². The Kier molecular flexibility index (Phi) is 3.50. The molecular formula is C16H15NO3. The molecule has 1 heterocycles. The maximum absolute atomic E-state index is 11.4. The van der Waals surface area contributed by atoms with Gasteiger partial charge in [0.1, 0.15) is 6.04 Å². The van der Waals surface area contributed by atoms with Gasteiger partial charge < -0.3 is 9.84 Å². The van der Waals surface area contributed by atoms with Gasteiger partial charge in [-0.15, -0.1) is 0 Å². The summed E-state index contributed by atoms with van der Waals surface area (Å²) in [5, 5.41) is 11.9. The molecule has 1 aliphatic rings. The number of benzene rings is 2. The first-order valence-corrected chi connectivity index (χ1v) is 6.51. The van der Waals surface area contributed by atoms with Gasteiger partial charge in [0, 0.05) is 0 Å². The highest BCUT2D eigenvalue weighted by atomic mass is 16.7. The predicted molar refractivity (Wildman–Crippen MR) is 74.6 cm³/mol. The molecular weight excluding hydrogens is 254 g/mol. The lowest BCUT2D eigenvalue weighted by Gasteiger charge is -2.07. The van der Waals surface area contributed by atoms with Gasteiger partial charge in [-0.1, -0.05) is 54.6 Å². The number of aliphatic hydroxyl groups excluding tert-OH is 1. The average Bonchev–Trinajstić information content (AvgIpc) is 2.79. The van der Waals surface area contributed by atoms with E-state index in [4.69, 9.17) is 0 Å². The van der Waals surface area contributed by atoms with Crippen LogP contribution in [0.15, 0.2) is 54.6 Å². The maximum Gasteiger partial charge on any atom is 0.326 e. The third-order valence-electron chi connectivity index (χ3n) is 3.36. The Bertz CT molecular complexity index is 595. The minimum atomic E-state index is -1.18. The average molecular weight is 269 g/mol. The van der Waals surface area contributed by atoms with E-state index in [1.54, 1.807) is 0 Å². The number of rotatable bonds is 3. The van der Waals surface area contributed by atoms with E-state index in [1.165, 1.54) is 0 Å². The molecule has 102 valence electrons. The van der Waals surface area contributed by atoms with E-state index in [9.17, 15) is 9.90 Å². The molecule has 2 N–H and O–H groups in total. The Balaban J connectivity index is 1.72. The summed E-state index contributed by atoms with van der Waals surface area (Å²) in [6, 6.07) is 17.7. The number of carbonyl (C=O) groups excluding carboxylic acids is 1. The molecule has 3 rings (SSSR count). The number of hydrogen-bond donors (Lipinski definition) is 2. The monoisotopic (exact) mass is 269 g/mol. The van der Waals surface area contributed by atoms with Crippen molar-refractivity contribution in [1.82, 2.24) is 5.32 Å². The van der Waals surface area contributed by atoms with Crippen molar-refractivity contribution in [3.8, 4) is 11.1 Å². The molecule has 1 aliphatic heterocycles. The molecule has 1 saturated heterocycles. The lowest BCUT2D eigenvalue weighted by molar-refractivity contribution is -0.155. The van der Waals surface area contributed by atoms with Crippen molar-refractivity contribution in [3.63, 3.8) is 0 Å². The SMILES string of the molecule is O=C1OC(O)NC1Cc1ccc(-c2ccccc2)cc1. The topological polar surface area (TPSA) is 58.6 Å². The number of ether oxygens (including phenoxy) is 1. The summed E-state index contributed by atoms with van der Waals surface area (Å²) in [6.07, 6.45) is -0.679. The Morgan fingerprint density at radius 2 is 1.65 bits per heavy atom. The maximum atomic E-state index is 11.4. The predicted octanol–water partition coefficient (Wildman–Crippen LogP) is 1.69. The zero-order valence-electron chi connectivity index (χ0n) is 10.8. The quantitative estimate of drug-likeness (QED) is 0.832. The van der Waals surface area contributed by atoms with Crippen LogP contribution in [0.25, 0.3) is 11.1 Å². The standard InChI is InChI=1S/C16H15NO3/c18-15-14(17-16(19)20-15)10-11-6-8-13(9-7-11)12-4-2-1-3-5-12/h1-9,14,16-17,19H,10H2. The third kappa shape index (κ3) is 2.71. The summed E-state index contributed by atoms with van der Waals surface area (Å²) in [5.41, 5.74) is 3.32. The largest absolute Gasteiger partial charge is 0.421 e. The second-order valence-corrected chi connectivity index (χ2v) is 4.78. The Hall–Kier alpha value is -2.17. The molecule has 2 aromatic carbocycles. The molecule has 4 nitrogen and oxygen atoms in total. The highest BCUT2D eigenvalue weighted by Gasteiger charge is 2.32. The van der Waals surface area contributed by atoms with Crippen molar-refractivity contribution < 1.29 is 14.6 Å². The molecule has 0 aliphatic carbocycles. The van der Waals surface area contributed by atoms with Crippen LogP contribution < -0.4 is 5.32 Å². The van der Waals surface area contributed by atoms with Crippen LogP contribution in [0.1, 0.15) is 5.56 Å². The third-order valence-corrected chi connectivity index (χ3v) is 3.36. The van der Waals surface area contributed by atoms with Gasteiger partial charge in [-0.3, -0.25) is 4.79 Å². The minimum Gasteiger partial charge on any atom is -0.421 e. The van der Waals surface area contributed by atoms with Crippen LogP contribution >= 0.6 is 0 Å². The van der Waals surface area contributed by atoms with Crippen LogP contribution in [0.3, 0.4) is 0 Å². The lowest BCUT2D eigenvalue weighted by atomic mass is 10.0. The molecule has 1 fully saturated rings. The number of nitrogens with one attached hydrogen (secondary N) is 1. The molecule has 20 heavy (non-hydrogen) atoms. The van der Waals surface area contributed by atoms with Crippen LogP contribution in [0, 0.1) is 0 Å². The van der Waals surface area contributed by atoms with E-state index in [-0.39, 0.29) is 0 Å². The Labute approximate surface area is 117 Å². The van der Waals surface area contributed by atoms with Crippen LogP contribution in [-0.2, 0) is 16.0 Å². The van der Waals surface area contributed by atoms with Crippen LogP contribution in [0.4, 0.5) is 0 Å². The zero-order chi connectivity index (χ0) is 13.9. The summed E-state index contributed by atoms with van der Waals surface area (Å²) in [6.45, 7) is 0. The van der Waals surface area contributed by atoms with Crippen molar-refractivity contribution in [1.29, 1.82) is 0 Å². The van der Waals surface area contributed by atoms with Gasteiger partial charge in [-0.2, -0.15) is 0 Å². The minimum absolute atomic E-state index is 0.412. The number of esters is 1. The van der Waals surface area contributed by atoms with Gasteiger partial charge in [0.25, 0.3) is 6.41 Å². The van der Waals surface area contributed by atoms with Gasteiger partial charge in [-0.05, 0) is 23.1 Å². The summed E-state index contributed by atoms with van der Waals surface area (Å²) >= 11 is 0. The van der Waals surface area contributed by atoms with Gasteiger partial charge in [-0.25, -0.2) is 5.32 Å². The van der Waals surface area contributed by atoms with Crippen molar-refractivity contribution in [2.75, 3.05) is 0 Å². The number of aliphatic hydroxyl groups is 1. The second kappa shape index (κ2) is 5.45. The van der Waals surface area contributed by atoms with E-state index < -0.39 is 18.4 Å². The molecule has 0 bridgehead atoms. The number of cyclic esters (lactones) is 1. The van der Waals surface area contributed by atoms with Gasteiger partial charge >= 0.3 is 5.97 Å². The molecule has 0 spiro atoms. The molecule has 0 amide bonds. The molecule has 0 saturated carbocycles.